The molecular weight excluding hydrogens is 104 g/mol. The Balaban J connectivity index is 2.56. The van der Waals surface area contributed by atoms with E-state index < -0.39 is 0 Å². The van der Waals surface area contributed by atoms with E-state index in [1.807, 2.05) is 0 Å². The van der Waals surface area contributed by atoms with Crippen molar-refractivity contribution in [1.82, 2.24) is 0 Å². The molecule has 0 aromatic heterocycles. The third-order valence-corrected chi connectivity index (χ3v) is 0.976. The van der Waals surface area contributed by atoms with Crippen LogP contribution in [0.5, 0.6) is 0 Å². The highest BCUT2D eigenvalue weighted by Gasteiger charge is 1.79. The minimum atomic E-state index is 0.958. The first-order valence-electron chi connectivity index (χ1n) is 2.54. The lowest BCUT2D eigenvalue weighted by Crippen LogP contribution is -1.72. The van der Waals surface area contributed by atoms with Crippen LogP contribution in [-0.4, -0.2) is 5.37 Å². The van der Waals surface area contributed by atoms with Crippen LogP contribution in [0.2, 0.25) is 0 Å². The van der Waals surface area contributed by atoms with E-state index in [0.29, 0.717) is 0 Å². The Kier molecular flexibility index (Phi) is 6.17. The smallest absolute Gasteiger partial charge is 0.0291 e. The average molecular weight is 114 g/mol. The highest BCUT2D eigenvalue weighted by molar-refractivity contribution is 7.78. The van der Waals surface area contributed by atoms with E-state index in [1.165, 1.54) is 12.8 Å². The van der Waals surface area contributed by atoms with Crippen molar-refractivity contribution in [2.45, 2.75) is 26.2 Å². The molecule has 2 radical (unpaired) electrons. The summed E-state index contributed by atoms with van der Waals surface area (Å²) in [4.78, 5) is 0. The van der Waals surface area contributed by atoms with Crippen LogP contribution in [0, 0.1) is 6.42 Å². The van der Waals surface area contributed by atoms with E-state index in [1.54, 1.807) is 0 Å². The van der Waals surface area contributed by atoms with Gasteiger partial charge in [0.25, 0.3) is 0 Å². The van der Waals surface area contributed by atoms with Crippen molar-refractivity contribution < 1.29 is 0 Å². The molecule has 0 spiro atoms. The van der Waals surface area contributed by atoms with Crippen LogP contribution < -0.4 is 0 Å². The largest absolute Gasteiger partial charge is 0.0837 e. The predicted octanol–water partition coefficient (Wildman–Crippen LogP) is 2.26. The van der Waals surface area contributed by atoms with Crippen molar-refractivity contribution in [3.63, 3.8) is 0 Å². The molecule has 0 unspecified atom stereocenters. The van der Waals surface area contributed by atoms with E-state index in [0.717, 1.165) is 6.42 Å². The first kappa shape index (κ1) is 7.09. The lowest BCUT2D eigenvalue weighted by molar-refractivity contribution is 0.861. The van der Waals surface area contributed by atoms with E-state index in [4.69, 9.17) is 0 Å². The standard InChI is InChI=1S/C6H10S/c1-2-3-4-5-6-7/h2H,3-5H2,1H3. The summed E-state index contributed by atoms with van der Waals surface area (Å²) in [6.07, 6.45) is 5.44. The van der Waals surface area contributed by atoms with Gasteiger partial charge in [0.2, 0.25) is 0 Å². The Morgan fingerprint density at radius 3 is 2.86 bits per heavy atom. The normalized spacial score (nSPS) is 8.71. The first-order chi connectivity index (χ1) is 3.41. The van der Waals surface area contributed by atoms with E-state index >= 15 is 0 Å². The van der Waals surface area contributed by atoms with Crippen molar-refractivity contribution in [2.75, 3.05) is 0 Å². The number of rotatable bonds is 4. The summed E-state index contributed by atoms with van der Waals surface area (Å²) in [5.41, 5.74) is 0. The van der Waals surface area contributed by atoms with Gasteiger partial charge in [0.1, 0.15) is 0 Å². The molecule has 1 heteroatoms. The molecular formula is C6H10S. The second-order valence-electron chi connectivity index (χ2n) is 1.44. The quantitative estimate of drug-likeness (QED) is 0.399. The summed E-state index contributed by atoms with van der Waals surface area (Å²) in [5.74, 6) is 0. The lowest BCUT2D eigenvalue weighted by atomic mass is 10.2. The van der Waals surface area contributed by atoms with Crippen LogP contribution in [0.4, 0.5) is 0 Å². The second-order valence-corrected chi connectivity index (χ2v) is 1.73. The van der Waals surface area contributed by atoms with Gasteiger partial charge in [0, 0.05) is 5.37 Å². The number of hydrogen-bond donors (Lipinski definition) is 0. The molecule has 0 fully saturated rings. The second kappa shape index (κ2) is 6.09. The molecule has 0 aliphatic heterocycles. The van der Waals surface area contributed by atoms with Gasteiger partial charge in [-0.05, 0) is 19.3 Å². The van der Waals surface area contributed by atoms with Gasteiger partial charge in [-0.2, -0.15) is 0 Å². The summed E-state index contributed by atoms with van der Waals surface area (Å²) >= 11 is 4.50. The van der Waals surface area contributed by atoms with E-state index in [-0.39, 0.29) is 0 Å². The van der Waals surface area contributed by atoms with Gasteiger partial charge in [-0.25, -0.2) is 0 Å². The molecule has 40 valence electrons. The van der Waals surface area contributed by atoms with Gasteiger partial charge in [0.15, 0.2) is 0 Å². The van der Waals surface area contributed by atoms with Crippen LogP contribution in [0.1, 0.15) is 26.2 Å². The summed E-state index contributed by atoms with van der Waals surface area (Å²) < 4.78 is 0. The molecule has 7 heavy (non-hydrogen) atoms. The molecule has 0 saturated heterocycles. The van der Waals surface area contributed by atoms with Gasteiger partial charge < -0.3 is 0 Å². The molecule has 0 aliphatic rings. The van der Waals surface area contributed by atoms with Crippen molar-refractivity contribution in [2.24, 2.45) is 0 Å². The van der Waals surface area contributed by atoms with Gasteiger partial charge in [-0.1, -0.05) is 25.6 Å². The zero-order chi connectivity index (χ0) is 5.54. The number of hydrogen-bond acceptors (Lipinski definition) is 1. The molecule has 0 amide bonds. The Hall–Kier alpha value is 0.0900. The van der Waals surface area contributed by atoms with Crippen LogP contribution in [0.3, 0.4) is 0 Å². The monoisotopic (exact) mass is 114 g/mol. The van der Waals surface area contributed by atoms with Gasteiger partial charge in [-0.3, -0.25) is 0 Å². The lowest BCUT2D eigenvalue weighted by Gasteiger charge is -1.86. The molecule has 0 heterocycles. The molecule has 0 saturated carbocycles. The van der Waals surface area contributed by atoms with E-state index in [2.05, 4.69) is 30.9 Å². The maximum atomic E-state index is 4.50. The zero-order valence-corrected chi connectivity index (χ0v) is 5.42. The molecule has 0 nitrogen and oxygen atoms in total. The van der Waals surface area contributed by atoms with Crippen molar-refractivity contribution in [3.8, 4) is 0 Å². The fourth-order valence-corrected chi connectivity index (χ4v) is 0.523. The summed E-state index contributed by atoms with van der Waals surface area (Å²) in [6, 6.07) is 0. The molecule has 0 aliphatic carbocycles. The molecule has 0 atom stereocenters. The van der Waals surface area contributed by atoms with Gasteiger partial charge in [0.05, 0.1) is 0 Å². The van der Waals surface area contributed by atoms with Gasteiger partial charge >= 0.3 is 0 Å². The maximum Gasteiger partial charge on any atom is 0.0291 e. The predicted molar refractivity (Wildman–Crippen MR) is 36.4 cm³/mol. The highest BCUT2D eigenvalue weighted by Crippen LogP contribution is 1.94. The topological polar surface area (TPSA) is 0 Å². The molecule has 0 N–H and O–H groups in total. The Bertz CT molecular complexity index is 41.4. The van der Waals surface area contributed by atoms with Gasteiger partial charge in [-0.15, -0.1) is 0 Å². The average Bonchev–Trinajstić information content (AvgIpc) is 1.69. The van der Waals surface area contributed by atoms with Crippen molar-refractivity contribution >= 4 is 17.6 Å². The SMILES string of the molecule is C[CH]CCC[C]=S. The minimum absolute atomic E-state index is 0.958. The fraction of sp³-hybridized carbons (Fsp3) is 0.667. The van der Waals surface area contributed by atoms with Crippen LogP contribution in [0.25, 0.3) is 0 Å². The third-order valence-electron chi connectivity index (χ3n) is 0.772. The maximum absolute atomic E-state index is 4.50. The van der Waals surface area contributed by atoms with Crippen LogP contribution >= 0.6 is 12.2 Å². The molecule has 0 bridgehead atoms. The Morgan fingerprint density at radius 1 is 1.71 bits per heavy atom. The number of unbranched alkanes of at least 4 members (excludes halogenated alkanes) is 3. The number of thiocarbonyl (C=S) groups is 1. The van der Waals surface area contributed by atoms with Crippen molar-refractivity contribution in [1.29, 1.82) is 0 Å². The summed E-state index contributed by atoms with van der Waals surface area (Å²) in [7, 11) is 0. The minimum Gasteiger partial charge on any atom is -0.0837 e. The first-order valence-corrected chi connectivity index (χ1v) is 2.95. The van der Waals surface area contributed by atoms with Crippen LogP contribution in [-0.2, 0) is 0 Å². The Labute approximate surface area is 50.9 Å². The molecule has 0 aromatic carbocycles. The third kappa shape index (κ3) is 6.09. The highest BCUT2D eigenvalue weighted by atomic mass is 32.1. The van der Waals surface area contributed by atoms with Crippen LogP contribution in [0.15, 0.2) is 0 Å². The fourth-order valence-electron chi connectivity index (χ4n) is 0.378. The Morgan fingerprint density at radius 2 is 2.43 bits per heavy atom. The van der Waals surface area contributed by atoms with E-state index in [9.17, 15) is 0 Å². The van der Waals surface area contributed by atoms with Crippen molar-refractivity contribution in [3.05, 3.63) is 6.42 Å². The zero-order valence-electron chi connectivity index (χ0n) is 4.61. The molecule has 0 aromatic rings. The summed E-state index contributed by atoms with van der Waals surface area (Å²) in [6.45, 7) is 2.06. The summed E-state index contributed by atoms with van der Waals surface area (Å²) in [5, 5.41) is 2.67. The molecule has 0 rings (SSSR count).